The zero-order chi connectivity index (χ0) is 18.9. The molecule has 4 saturated carbocycles. The van der Waals surface area contributed by atoms with E-state index in [9.17, 15) is 14.7 Å². The number of Topliss-reactive ketones (excluding diaryl/α,β-unsaturated/α-hetero) is 2. The molecule has 0 aromatic rings. The third-order valence-corrected chi connectivity index (χ3v) is 9.17. The topological polar surface area (TPSA) is 54.4 Å². The molecule has 4 aliphatic carbocycles. The molecule has 142 valence electrons. The van der Waals surface area contributed by atoms with Gasteiger partial charge >= 0.3 is 0 Å². The average molecular weight is 357 g/mol. The van der Waals surface area contributed by atoms with Gasteiger partial charge in [-0.15, -0.1) is 6.42 Å². The Morgan fingerprint density at radius 3 is 2.54 bits per heavy atom. The largest absolute Gasteiger partial charge is 0.378 e. The number of aliphatic hydroxyl groups is 1. The highest BCUT2D eigenvalue weighted by molar-refractivity contribution is 5.87. The van der Waals surface area contributed by atoms with Gasteiger partial charge in [0.1, 0.15) is 17.2 Å². The van der Waals surface area contributed by atoms with Crippen LogP contribution in [0, 0.1) is 52.8 Å². The monoisotopic (exact) mass is 356 g/mol. The summed E-state index contributed by atoms with van der Waals surface area (Å²) in [5.41, 5.74) is -1.17. The van der Waals surface area contributed by atoms with Gasteiger partial charge < -0.3 is 5.11 Å². The Balaban J connectivity index is 1.67. The minimum atomic E-state index is -0.990. The highest BCUT2D eigenvalue weighted by atomic mass is 16.3. The second-order valence-electron chi connectivity index (χ2n) is 10.3. The first-order chi connectivity index (χ1) is 12.1. The Kier molecular flexibility index (Phi) is 3.98. The van der Waals surface area contributed by atoms with E-state index in [4.69, 9.17) is 6.42 Å². The lowest BCUT2D eigenvalue weighted by atomic mass is 9.43. The van der Waals surface area contributed by atoms with Crippen molar-refractivity contribution in [1.82, 2.24) is 0 Å². The molecule has 3 heteroatoms. The Hall–Kier alpha value is -1.14. The van der Waals surface area contributed by atoms with Gasteiger partial charge in [-0.1, -0.05) is 19.8 Å². The van der Waals surface area contributed by atoms with Gasteiger partial charge in [0.15, 0.2) is 0 Å². The first-order valence-electron chi connectivity index (χ1n) is 10.4. The molecule has 8 atom stereocenters. The molecule has 3 nitrogen and oxygen atoms in total. The van der Waals surface area contributed by atoms with Crippen LogP contribution < -0.4 is 0 Å². The van der Waals surface area contributed by atoms with E-state index in [1.54, 1.807) is 6.92 Å². The molecule has 1 N–H and O–H groups in total. The van der Waals surface area contributed by atoms with Crippen LogP contribution in [0.1, 0.15) is 72.1 Å². The van der Waals surface area contributed by atoms with Gasteiger partial charge in [-0.05, 0) is 80.5 Å². The lowest BCUT2D eigenvalue weighted by molar-refractivity contribution is -0.165. The number of ketones is 2. The van der Waals surface area contributed by atoms with Gasteiger partial charge in [0, 0.05) is 18.3 Å². The fraction of sp³-hybridized carbons (Fsp3) is 0.826. The standard InChI is InChI=1S/C23H32O3/c1-5-23(26)11-10-21(3)15(12-23)6-7-16-18-9-8-17(14(2)24)22(18,4)13-19(25)20(16)21/h1,15-18,20,26H,6-13H2,2-4H3/t15-,16+,17-,18+,20-,21+,22-,23-/m1/s1. The summed E-state index contributed by atoms with van der Waals surface area (Å²) in [6, 6.07) is 0. The van der Waals surface area contributed by atoms with Crippen LogP contribution in [0.2, 0.25) is 0 Å². The summed E-state index contributed by atoms with van der Waals surface area (Å²) in [5, 5.41) is 10.6. The van der Waals surface area contributed by atoms with Crippen molar-refractivity contribution in [1.29, 1.82) is 0 Å². The van der Waals surface area contributed by atoms with Crippen molar-refractivity contribution in [2.45, 2.75) is 77.7 Å². The van der Waals surface area contributed by atoms with E-state index in [0.717, 1.165) is 32.1 Å². The van der Waals surface area contributed by atoms with Crippen LogP contribution in [-0.2, 0) is 9.59 Å². The van der Waals surface area contributed by atoms with E-state index in [1.165, 1.54) is 0 Å². The summed E-state index contributed by atoms with van der Waals surface area (Å²) in [6.07, 6.45) is 12.4. The average Bonchev–Trinajstić information content (AvgIpc) is 2.92. The molecule has 0 saturated heterocycles. The zero-order valence-electron chi connectivity index (χ0n) is 16.4. The molecule has 0 unspecified atom stereocenters. The van der Waals surface area contributed by atoms with E-state index in [1.807, 2.05) is 0 Å². The second-order valence-corrected chi connectivity index (χ2v) is 10.3. The third-order valence-electron chi connectivity index (χ3n) is 9.17. The molecule has 0 radical (unpaired) electrons. The van der Waals surface area contributed by atoms with E-state index in [2.05, 4.69) is 19.8 Å². The smallest absolute Gasteiger partial charge is 0.137 e. The number of terminal acetylenes is 1. The summed E-state index contributed by atoms with van der Waals surface area (Å²) in [6.45, 7) is 6.19. The van der Waals surface area contributed by atoms with Crippen LogP contribution in [0.4, 0.5) is 0 Å². The van der Waals surface area contributed by atoms with Gasteiger partial charge in [-0.2, -0.15) is 0 Å². The summed E-state index contributed by atoms with van der Waals surface area (Å²) in [7, 11) is 0. The van der Waals surface area contributed by atoms with Crippen LogP contribution in [-0.4, -0.2) is 22.3 Å². The third kappa shape index (κ3) is 2.30. The van der Waals surface area contributed by atoms with Crippen LogP contribution in [0.5, 0.6) is 0 Å². The predicted molar refractivity (Wildman–Crippen MR) is 100 cm³/mol. The molecular weight excluding hydrogens is 324 g/mol. The molecule has 4 aliphatic rings. The number of hydrogen-bond donors (Lipinski definition) is 1. The van der Waals surface area contributed by atoms with Crippen molar-refractivity contribution in [3.8, 4) is 12.3 Å². The van der Waals surface area contributed by atoms with Crippen LogP contribution in [0.3, 0.4) is 0 Å². The predicted octanol–water partition coefficient (Wildman–Crippen LogP) is 3.78. The van der Waals surface area contributed by atoms with E-state index in [-0.39, 0.29) is 28.4 Å². The van der Waals surface area contributed by atoms with Gasteiger partial charge in [-0.3, -0.25) is 9.59 Å². The van der Waals surface area contributed by atoms with Crippen molar-refractivity contribution in [3.05, 3.63) is 0 Å². The lowest BCUT2D eigenvalue weighted by Gasteiger charge is -2.60. The summed E-state index contributed by atoms with van der Waals surface area (Å²) < 4.78 is 0. The number of carbonyl (C=O) groups is 2. The molecule has 0 aliphatic heterocycles. The van der Waals surface area contributed by atoms with Crippen LogP contribution in [0.15, 0.2) is 0 Å². The number of hydrogen-bond acceptors (Lipinski definition) is 3. The molecular formula is C23H32O3. The summed E-state index contributed by atoms with van der Waals surface area (Å²) >= 11 is 0. The molecule has 0 aromatic heterocycles. The van der Waals surface area contributed by atoms with Crippen molar-refractivity contribution < 1.29 is 14.7 Å². The maximum atomic E-state index is 13.4. The molecule has 0 spiro atoms. The fourth-order valence-corrected chi connectivity index (χ4v) is 7.86. The fourth-order valence-electron chi connectivity index (χ4n) is 7.86. The van der Waals surface area contributed by atoms with Crippen LogP contribution >= 0.6 is 0 Å². The Bertz CT molecular complexity index is 690. The Labute approximate surface area is 157 Å². The highest BCUT2D eigenvalue weighted by Crippen LogP contribution is 2.67. The van der Waals surface area contributed by atoms with Crippen molar-refractivity contribution >= 4 is 11.6 Å². The SMILES string of the molecule is C#C[C@@]1(O)CC[C@@]2(C)[C@H](CC[C@H]3[C@@H]4CC[C@H](C(C)=O)[C@@]4(C)CC(=O)[C@@H]32)C1. The van der Waals surface area contributed by atoms with Gasteiger partial charge in [0.25, 0.3) is 0 Å². The first kappa shape index (κ1) is 18.2. The van der Waals surface area contributed by atoms with Crippen molar-refractivity contribution in [2.75, 3.05) is 0 Å². The minimum absolute atomic E-state index is 0.0429. The molecule has 4 fully saturated rings. The van der Waals surface area contributed by atoms with Crippen LogP contribution in [0.25, 0.3) is 0 Å². The van der Waals surface area contributed by atoms with Crippen molar-refractivity contribution in [3.63, 3.8) is 0 Å². The van der Waals surface area contributed by atoms with Crippen molar-refractivity contribution in [2.24, 2.45) is 40.4 Å². The molecule has 0 bridgehead atoms. The van der Waals surface area contributed by atoms with E-state index >= 15 is 0 Å². The summed E-state index contributed by atoms with van der Waals surface area (Å²) in [5.74, 6) is 4.62. The molecule has 26 heavy (non-hydrogen) atoms. The quantitative estimate of drug-likeness (QED) is 0.728. The van der Waals surface area contributed by atoms with Gasteiger partial charge in [-0.25, -0.2) is 0 Å². The number of rotatable bonds is 1. The zero-order valence-corrected chi connectivity index (χ0v) is 16.4. The molecule has 0 aromatic carbocycles. The second kappa shape index (κ2) is 5.68. The Morgan fingerprint density at radius 2 is 1.88 bits per heavy atom. The summed E-state index contributed by atoms with van der Waals surface area (Å²) in [4.78, 5) is 25.6. The highest BCUT2D eigenvalue weighted by Gasteiger charge is 2.64. The van der Waals surface area contributed by atoms with E-state index in [0.29, 0.717) is 42.8 Å². The van der Waals surface area contributed by atoms with E-state index < -0.39 is 5.60 Å². The maximum Gasteiger partial charge on any atom is 0.137 e. The molecule has 0 heterocycles. The molecule has 4 rings (SSSR count). The first-order valence-corrected chi connectivity index (χ1v) is 10.4. The Morgan fingerprint density at radius 1 is 1.15 bits per heavy atom. The minimum Gasteiger partial charge on any atom is -0.378 e. The number of carbonyl (C=O) groups excluding carboxylic acids is 2. The van der Waals surface area contributed by atoms with Gasteiger partial charge in [0.05, 0.1) is 0 Å². The number of fused-ring (bicyclic) bond motifs is 5. The maximum absolute atomic E-state index is 13.4. The normalized spacial score (nSPS) is 53.2. The molecule has 0 amide bonds. The lowest BCUT2D eigenvalue weighted by Crippen LogP contribution is -2.59. The van der Waals surface area contributed by atoms with Gasteiger partial charge in [0.2, 0.25) is 0 Å².